The fraction of sp³-hybridized carbons (Fsp3) is 0.462. The highest BCUT2D eigenvalue weighted by atomic mass is 35.5. The summed E-state index contributed by atoms with van der Waals surface area (Å²) in [7, 11) is 0. The molecule has 0 bridgehead atoms. The Morgan fingerprint density at radius 1 is 0.697 bits per heavy atom. The lowest BCUT2D eigenvalue weighted by Gasteiger charge is -2.40. The van der Waals surface area contributed by atoms with E-state index >= 15 is 0 Å². The summed E-state index contributed by atoms with van der Waals surface area (Å²) < 4.78 is 0. The Hall–Kier alpha value is -2.08. The highest BCUT2D eigenvalue weighted by Crippen LogP contribution is 2.48. The zero-order valence-electron chi connectivity index (χ0n) is 18.4. The van der Waals surface area contributed by atoms with Crippen LogP contribution in [0.15, 0.2) is 42.5 Å². The number of nitrogens with zero attached hydrogens (tertiary/aromatic N) is 3. The van der Waals surface area contributed by atoms with Crippen LogP contribution in [-0.4, -0.2) is 59.9 Å². The van der Waals surface area contributed by atoms with Crippen molar-refractivity contribution in [1.29, 1.82) is 0 Å². The minimum atomic E-state index is -0.104. The zero-order valence-corrected chi connectivity index (χ0v) is 19.9. The third kappa shape index (κ3) is 3.56. The number of carbonyl (C=O) groups excluding carboxylic acids is 2. The van der Waals surface area contributed by atoms with Crippen LogP contribution in [0.2, 0.25) is 10.0 Å². The van der Waals surface area contributed by atoms with E-state index in [1.165, 1.54) is 12.8 Å². The average molecular weight is 484 g/mol. The van der Waals surface area contributed by atoms with Gasteiger partial charge in [0.05, 0.1) is 26.9 Å². The molecule has 7 heteroatoms. The van der Waals surface area contributed by atoms with Gasteiger partial charge in [-0.3, -0.25) is 19.4 Å². The molecular formula is C26H27Cl2N3O2. The SMILES string of the molecule is O=C1c2ccccc2C(=O)N1C1CC2CC(N3CCN(c4cccc(Cl)c4Cl)CC3)CC2C1. The summed E-state index contributed by atoms with van der Waals surface area (Å²) in [5.41, 5.74) is 2.15. The molecule has 0 spiro atoms. The fourth-order valence-electron chi connectivity index (χ4n) is 6.67. The number of fused-ring (bicyclic) bond motifs is 2. The summed E-state index contributed by atoms with van der Waals surface area (Å²) in [5, 5.41) is 1.25. The number of amides is 2. The quantitative estimate of drug-likeness (QED) is 0.578. The molecular weight excluding hydrogens is 457 g/mol. The molecule has 4 aliphatic rings. The second kappa shape index (κ2) is 8.30. The van der Waals surface area contributed by atoms with Crippen molar-refractivity contribution in [3.8, 4) is 0 Å². The van der Waals surface area contributed by atoms with Crippen molar-refractivity contribution in [3.63, 3.8) is 0 Å². The molecule has 2 heterocycles. The van der Waals surface area contributed by atoms with E-state index in [1.54, 1.807) is 17.0 Å². The van der Waals surface area contributed by atoms with Crippen molar-refractivity contribution >= 4 is 40.7 Å². The van der Waals surface area contributed by atoms with Crippen LogP contribution >= 0.6 is 23.2 Å². The van der Waals surface area contributed by atoms with Gasteiger partial charge in [-0.2, -0.15) is 0 Å². The molecule has 2 saturated carbocycles. The van der Waals surface area contributed by atoms with E-state index in [4.69, 9.17) is 23.2 Å². The van der Waals surface area contributed by atoms with Gasteiger partial charge >= 0.3 is 0 Å². The highest BCUT2D eigenvalue weighted by Gasteiger charge is 2.49. The van der Waals surface area contributed by atoms with Crippen LogP contribution in [0.4, 0.5) is 5.69 Å². The van der Waals surface area contributed by atoms with E-state index in [0.29, 0.717) is 39.0 Å². The maximum Gasteiger partial charge on any atom is 0.261 e. The summed E-state index contributed by atoms with van der Waals surface area (Å²) in [4.78, 5) is 32.3. The number of hydrogen-bond donors (Lipinski definition) is 0. The van der Waals surface area contributed by atoms with Crippen LogP contribution in [0.25, 0.3) is 0 Å². The molecule has 2 unspecified atom stereocenters. The number of anilines is 1. The first-order chi connectivity index (χ1) is 16.0. The molecule has 2 aromatic carbocycles. The van der Waals surface area contributed by atoms with Crippen molar-refractivity contribution in [2.45, 2.75) is 37.8 Å². The largest absolute Gasteiger partial charge is 0.368 e. The molecule has 6 rings (SSSR count). The summed E-state index contributed by atoms with van der Waals surface area (Å²) in [6.07, 6.45) is 4.24. The average Bonchev–Trinajstić information content (AvgIpc) is 3.47. The molecule has 1 saturated heterocycles. The number of benzene rings is 2. The van der Waals surface area contributed by atoms with Gasteiger partial charge in [0.25, 0.3) is 11.8 Å². The van der Waals surface area contributed by atoms with E-state index in [9.17, 15) is 9.59 Å². The van der Waals surface area contributed by atoms with Gasteiger partial charge in [0.1, 0.15) is 0 Å². The molecule has 0 aromatic heterocycles. The minimum Gasteiger partial charge on any atom is -0.368 e. The predicted octanol–water partition coefficient (Wildman–Crippen LogP) is 4.97. The maximum atomic E-state index is 12.9. The third-order valence-corrected chi connectivity index (χ3v) is 9.07. The van der Waals surface area contributed by atoms with Crippen molar-refractivity contribution in [3.05, 3.63) is 63.6 Å². The second-order valence-corrected chi connectivity index (χ2v) is 10.7. The molecule has 0 radical (unpaired) electrons. The van der Waals surface area contributed by atoms with Gasteiger partial charge in [-0.25, -0.2) is 0 Å². The Bertz CT molecular complexity index is 1070. The fourth-order valence-corrected chi connectivity index (χ4v) is 7.08. The normalized spacial score (nSPS) is 29.6. The lowest BCUT2D eigenvalue weighted by Crippen LogP contribution is -2.50. The number of piperazine rings is 1. The number of carbonyl (C=O) groups is 2. The van der Waals surface area contributed by atoms with E-state index < -0.39 is 0 Å². The van der Waals surface area contributed by atoms with Gasteiger partial charge in [-0.1, -0.05) is 41.4 Å². The molecule has 2 amide bonds. The molecule has 5 nitrogen and oxygen atoms in total. The maximum absolute atomic E-state index is 12.9. The summed E-state index contributed by atoms with van der Waals surface area (Å²) in [5.74, 6) is 0.996. The van der Waals surface area contributed by atoms with E-state index in [0.717, 1.165) is 44.7 Å². The van der Waals surface area contributed by atoms with Crippen molar-refractivity contribution in [2.24, 2.45) is 11.8 Å². The summed E-state index contributed by atoms with van der Waals surface area (Å²) in [6.45, 7) is 3.94. The first-order valence-electron chi connectivity index (χ1n) is 11.9. The summed E-state index contributed by atoms with van der Waals surface area (Å²) in [6, 6.07) is 13.7. The van der Waals surface area contributed by atoms with E-state index in [1.807, 2.05) is 30.3 Å². The lowest BCUT2D eigenvalue weighted by molar-refractivity contribution is 0.0577. The molecule has 2 aliphatic heterocycles. The lowest BCUT2D eigenvalue weighted by atomic mass is 10.0. The summed E-state index contributed by atoms with van der Waals surface area (Å²) >= 11 is 12.6. The van der Waals surface area contributed by atoms with Gasteiger partial charge < -0.3 is 4.90 Å². The molecule has 0 N–H and O–H groups in total. The number of imide groups is 1. The molecule has 3 fully saturated rings. The van der Waals surface area contributed by atoms with Crippen molar-refractivity contribution in [2.75, 3.05) is 31.1 Å². The monoisotopic (exact) mass is 483 g/mol. The number of rotatable bonds is 3. The number of hydrogen-bond acceptors (Lipinski definition) is 4. The smallest absolute Gasteiger partial charge is 0.261 e. The van der Waals surface area contributed by atoms with Gasteiger partial charge in [-0.05, 0) is 61.8 Å². The third-order valence-electron chi connectivity index (χ3n) is 8.26. The second-order valence-electron chi connectivity index (χ2n) is 9.89. The molecule has 172 valence electrons. The number of halogens is 2. The Morgan fingerprint density at radius 3 is 1.88 bits per heavy atom. The topological polar surface area (TPSA) is 43.9 Å². The van der Waals surface area contributed by atoms with Crippen LogP contribution < -0.4 is 4.90 Å². The van der Waals surface area contributed by atoms with Crippen LogP contribution in [0, 0.1) is 11.8 Å². The van der Waals surface area contributed by atoms with Crippen LogP contribution in [0.1, 0.15) is 46.4 Å². The molecule has 33 heavy (non-hydrogen) atoms. The highest BCUT2D eigenvalue weighted by molar-refractivity contribution is 6.43. The van der Waals surface area contributed by atoms with Crippen LogP contribution in [0.5, 0.6) is 0 Å². The Morgan fingerprint density at radius 2 is 1.27 bits per heavy atom. The predicted molar refractivity (Wildman–Crippen MR) is 130 cm³/mol. The Balaban J connectivity index is 1.06. The van der Waals surface area contributed by atoms with Crippen LogP contribution in [-0.2, 0) is 0 Å². The molecule has 2 aliphatic carbocycles. The molecule has 2 atom stereocenters. The van der Waals surface area contributed by atoms with E-state index in [2.05, 4.69) is 9.80 Å². The zero-order chi connectivity index (χ0) is 22.7. The van der Waals surface area contributed by atoms with Crippen molar-refractivity contribution < 1.29 is 9.59 Å². The van der Waals surface area contributed by atoms with Gasteiger partial charge in [0.15, 0.2) is 0 Å². The van der Waals surface area contributed by atoms with Gasteiger partial charge in [0.2, 0.25) is 0 Å². The Kier molecular flexibility index (Phi) is 5.39. The standard InChI is InChI=1S/C26H27Cl2N3O2/c27-22-6-3-7-23(24(22)28)30-10-8-29(9-11-30)18-12-16-14-19(15-17(16)13-18)31-25(32)20-4-1-2-5-21(20)26(31)33/h1-7,16-19H,8-15H2. The first kappa shape index (κ1) is 21.5. The van der Waals surface area contributed by atoms with Crippen LogP contribution in [0.3, 0.4) is 0 Å². The minimum absolute atomic E-state index is 0.0511. The van der Waals surface area contributed by atoms with Gasteiger partial charge in [0, 0.05) is 38.3 Å². The van der Waals surface area contributed by atoms with Crippen molar-refractivity contribution in [1.82, 2.24) is 9.80 Å². The van der Waals surface area contributed by atoms with E-state index in [-0.39, 0.29) is 17.9 Å². The Labute approximate surface area is 204 Å². The van der Waals surface area contributed by atoms with Gasteiger partial charge in [-0.15, -0.1) is 0 Å². The molecule has 2 aromatic rings. The first-order valence-corrected chi connectivity index (χ1v) is 12.7.